The molecule has 1 rings (SSSR count). The van der Waals surface area contributed by atoms with Crippen molar-refractivity contribution < 1.29 is 4.74 Å². The number of aromatic amines is 1. The van der Waals surface area contributed by atoms with Gasteiger partial charge in [0.2, 0.25) is 0 Å². The minimum Gasteiger partial charge on any atom is -0.379 e. The van der Waals surface area contributed by atoms with Crippen molar-refractivity contribution in [3.05, 3.63) is 32.6 Å². The van der Waals surface area contributed by atoms with Crippen LogP contribution in [0, 0.1) is 6.92 Å². The van der Waals surface area contributed by atoms with Crippen molar-refractivity contribution in [3.8, 4) is 0 Å². The average molecular weight is 269 g/mol. The average Bonchev–Trinajstić information content (AvgIpc) is 2.33. The normalized spacial score (nSPS) is 11.2. The zero-order valence-electron chi connectivity index (χ0n) is 11.9. The Labute approximate surface area is 112 Å². The third kappa shape index (κ3) is 5.85. The van der Waals surface area contributed by atoms with Gasteiger partial charge in [-0.1, -0.05) is 0 Å². The molecule has 0 spiro atoms. The zero-order chi connectivity index (χ0) is 14.3. The van der Waals surface area contributed by atoms with Crippen LogP contribution in [0.3, 0.4) is 0 Å². The number of rotatable bonds is 8. The molecule has 0 saturated heterocycles. The van der Waals surface area contributed by atoms with Crippen LogP contribution in [0.15, 0.2) is 15.8 Å². The monoisotopic (exact) mass is 269 g/mol. The van der Waals surface area contributed by atoms with Crippen LogP contribution < -0.4 is 16.6 Å². The van der Waals surface area contributed by atoms with Crippen molar-refractivity contribution in [1.82, 2.24) is 14.9 Å². The standard InChI is InChI=1S/C13H23N3O3/c1-10(2)19-8-4-5-14-6-7-16-9-11(3)12(17)15-13(16)18/h9-10,14H,4-8H2,1-3H3,(H,15,17,18). The van der Waals surface area contributed by atoms with Gasteiger partial charge in [-0.25, -0.2) is 4.79 Å². The summed E-state index contributed by atoms with van der Waals surface area (Å²) in [6.45, 7) is 8.53. The second-order valence-electron chi connectivity index (χ2n) is 4.79. The van der Waals surface area contributed by atoms with E-state index in [2.05, 4.69) is 10.3 Å². The summed E-state index contributed by atoms with van der Waals surface area (Å²) in [6, 6.07) is 0. The Hall–Kier alpha value is -1.40. The number of H-pyrrole nitrogens is 1. The van der Waals surface area contributed by atoms with Crippen molar-refractivity contribution in [2.24, 2.45) is 0 Å². The molecule has 0 saturated carbocycles. The molecule has 0 amide bonds. The quantitative estimate of drug-likeness (QED) is 0.663. The molecular weight excluding hydrogens is 246 g/mol. The predicted molar refractivity (Wildman–Crippen MR) is 74.6 cm³/mol. The van der Waals surface area contributed by atoms with E-state index in [4.69, 9.17) is 4.74 Å². The van der Waals surface area contributed by atoms with Crippen LogP contribution >= 0.6 is 0 Å². The Morgan fingerprint density at radius 1 is 1.37 bits per heavy atom. The molecule has 6 nitrogen and oxygen atoms in total. The van der Waals surface area contributed by atoms with E-state index in [9.17, 15) is 9.59 Å². The maximum atomic E-state index is 11.5. The molecule has 1 aromatic heterocycles. The smallest absolute Gasteiger partial charge is 0.328 e. The first-order chi connectivity index (χ1) is 9.00. The van der Waals surface area contributed by atoms with Crippen LogP contribution in [0.4, 0.5) is 0 Å². The Balaban J connectivity index is 2.25. The minimum absolute atomic E-state index is 0.266. The lowest BCUT2D eigenvalue weighted by Gasteiger charge is -2.09. The van der Waals surface area contributed by atoms with E-state index in [-0.39, 0.29) is 17.4 Å². The first-order valence-corrected chi connectivity index (χ1v) is 6.63. The highest BCUT2D eigenvalue weighted by Gasteiger charge is 2.00. The highest BCUT2D eigenvalue weighted by atomic mass is 16.5. The van der Waals surface area contributed by atoms with Gasteiger partial charge < -0.3 is 10.1 Å². The van der Waals surface area contributed by atoms with Gasteiger partial charge in [0.25, 0.3) is 5.56 Å². The second-order valence-corrected chi connectivity index (χ2v) is 4.79. The summed E-state index contributed by atoms with van der Waals surface area (Å²) >= 11 is 0. The van der Waals surface area contributed by atoms with Gasteiger partial charge in [0.1, 0.15) is 0 Å². The van der Waals surface area contributed by atoms with Crippen LogP contribution in [0.5, 0.6) is 0 Å². The van der Waals surface area contributed by atoms with Crippen molar-refractivity contribution in [2.45, 2.75) is 39.8 Å². The van der Waals surface area contributed by atoms with Crippen molar-refractivity contribution in [2.75, 3.05) is 19.7 Å². The van der Waals surface area contributed by atoms with Gasteiger partial charge in [0.15, 0.2) is 0 Å². The fourth-order valence-electron chi connectivity index (χ4n) is 1.63. The van der Waals surface area contributed by atoms with Crippen molar-refractivity contribution >= 4 is 0 Å². The van der Waals surface area contributed by atoms with Crippen LogP contribution in [-0.4, -0.2) is 35.4 Å². The lowest BCUT2D eigenvalue weighted by atomic mass is 10.4. The third-order valence-electron chi connectivity index (χ3n) is 2.67. The first kappa shape index (κ1) is 15.7. The lowest BCUT2D eigenvalue weighted by Crippen LogP contribution is -2.33. The summed E-state index contributed by atoms with van der Waals surface area (Å²) in [5, 5.41) is 3.24. The number of hydrogen-bond acceptors (Lipinski definition) is 4. The van der Waals surface area contributed by atoms with E-state index in [1.54, 1.807) is 13.1 Å². The molecule has 0 radical (unpaired) electrons. The van der Waals surface area contributed by atoms with Gasteiger partial charge in [-0.05, 0) is 33.7 Å². The fourth-order valence-corrected chi connectivity index (χ4v) is 1.63. The molecule has 108 valence electrons. The van der Waals surface area contributed by atoms with Gasteiger partial charge in [0, 0.05) is 31.5 Å². The second kappa shape index (κ2) is 7.91. The van der Waals surface area contributed by atoms with Gasteiger partial charge >= 0.3 is 5.69 Å². The lowest BCUT2D eigenvalue weighted by molar-refractivity contribution is 0.0771. The highest BCUT2D eigenvalue weighted by molar-refractivity contribution is 5.00. The molecule has 0 fully saturated rings. The summed E-state index contributed by atoms with van der Waals surface area (Å²) in [5.74, 6) is 0. The number of nitrogens with one attached hydrogen (secondary N) is 2. The van der Waals surface area contributed by atoms with Gasteiger partial charge in [-0.15, -0.1) is 0 Å². The zero-order valence-corrected chi connectivity index (χ0v) is 11.9. The highest BCUT2D eigenvalue weighted by Crippen LogP contribution is 1.89. The summed E-state index contributed by atoms with van der Waals surface area (Å²) in [5.41, 5.74) is -0.134. The molecule has 0 unspecified atom stereocenters. The van der Waals surface area contributed by atoms with Crippen LogP contribution in [0.25, 0.3) is 0 Å². The number of aryl methyl sites for hydroxylation is 1. The number of nitrogens with zero attached hydrogens (tertiary/aromatic N) is 1. The SMILES string of the molecule is Cc1cn(CCNCCCOC(C)C)c(=O)[nH]c1=O. The van der Waals surface area contributed by atoms with Crippen molar-refractivity contribution in [1.29, 1.82) is 0 Å². The van der Waals surface area contributed by atoms with Crippen LogP contribution in [-0.2, 0) is 11.3 Å². The predicted octanol–water partition coefficient (Wildman–Crippen LogP) is 0.250. The molecule has 1 heterocycles. The molecule has 19 heavy (non-hydrogen) atoms. The third-order valence-corrected chi connectivity index (χ3v) is 2.67. The topological polar surface area (TPSA) is 76.1 Å². The summed E-state index contributed by atoms with van der Waals surface area (Å²) < 4.78 is 6.93. The van der Waals surface area contributed by atoms with Gasteiger partial charge in [-0.2, -0.15) is 0 Å². The van der Waals surface area contributed by atoms with Gasteiger partial charge in [-0.3, -0.25) is 14.3 Å². The number of ether oxygens (including phenoxy) is 1. The Morgan fingerprint density at radius 3 is 2.79 bits per heavy atom. The molecule has 2 N–H and O–H groups in total. The summed E-state index contributed by atoms with van der Waals surface area (Å²) in [6.07, 6.45) is 2.80. The van der Waals surface area contributed by atoms with E-state index in [1.807, 2.05) is 13.8 Å². The van der Waals surface area contributed by atoms with Crippen molar-refractivity contribution in [3.63, 3.8) is 0 Å². The molecule has 0 aliphatic carbocycles. The van der Waals surface area contributed by atoms with Gasteiger partial charge in [0.05, 0.1) is 6.10 Å². The molecule has 0 aliphatic rings. The summed E-state index contributed by atoms with van der Waals surface area (Å²) in [4.78, 5) is 25.0. The van der Waals surface area contributed by atoms with Crippen LogP contribution in [0.1, 0.15) is 25.8 Å². The van der Waals surface area contributed by atoms with Crippen LogP contribution in [0.2, 0.25) is 0 Å². The van der Waals surface area contributed by atoms with E-state index >= 15 is 0 Å². The molecule has 0 aromatic carbocycles. The Morgan fingerprint density at radius 2 is 2.11 bits per heavy atom. The largest absolute Gasteiger partial charge is 0.379 e. The Kier molecular flexibility index (Phi) is 6.52. The summed E-state index contributed by atoms with van der Waals surface area (Å²) in [7, 11) is 0. The molecular formula is C13H23N3O3. The number of aromatic nitrogens is 2. The first-order valence-electron chi connectivity index (χ1n) is 6.63. The van der Waals surface area contributed by atoms with E-state index in [0.717, 1.165) is 19.6 Å². The minimum atomic E-state index is -0.361. The van der Waals surface area contributed by atoms with E-state index < -0.39 is 0 Å². The molecule has 0 atom stereocenters. The fraction of sp³-hybridized carbons (Fsp3) is 0.692. The number of hydrogen-bond donors (Lipinski definition) is 2. The molecule has 6 heteroatoms. The molecule has 1 aromatic rings. The Bertz CT molecular complexity index is 491. The maximum absolute atomic E-state index is 11.5. The molecule has 0 bridgehead atoms. The molecule has 0 aliphatic heterocycles. The van der Waals surface area contributed by atoms with E-state index in [1.165, 1.54) is 4.57 Å². The van der Waals surface area contributed by atoms with E-state index in [0.29, 0.717) is 18.7 Å². The maximum Gasteiger partial charge on any atom is 0.328 e.